The number of furan rings is 1. The van der Waals surface area contributed by atoms with Gasteiger partial charge in [-0.1, -0.05) is 0 Å². The molecule has 2 heterocycles. The molecule has 160 valence electrons. The molecule has 30 heavy (non-hydrogen) atoms. The van der Waals surface area contributed by atoms with Gasteiger partial charge in [-0.2, -0.15) is 13.2 Å². The maximum atomic E-state index is 12.9. The van der Waals surface area contributed by atoms with Crippen molar-refractivity contribution in [1.82, 2.24) is 4.90 Å². The van der Waals surface area contributed by atoms with Crippen molar-refractivity contribution in [2.24, 2.45) is 0 Å². The fourth-order valence-electron chi connectivity index (χ4n) is 3.17. The first-order chi connectivity index (χ1) is 14.1. The van der Waals surface area contributed by atoms with E-state index in [0.717, 1.165) is 18.2 Å². The highest BCUT2D eigenvalue weighted by molar-refractivity contribution is 5.91. The highest BCUT2D eigenvalue weighted by Gasteiger charge is 2.34. The zero-order valence-corrected chi connectivity index (χ0v) is 15.3. The predicted octanol–water partition coefficient (Wildman–Crippen LogP) is 3.47. The molecule has 0 bridgehead atoms. The smallest absolute Gasteiger partial charge is 0.395 e. The van der Waals surface area contributed by atoms with E-state index in [9.17, 15) is 38.2 Å². The van der Waals surface area contributed by atoms with Crippen molar-refractivity contribution in [2.45, 2.75) is 12.6 Å². The van der Waals surface area contributed by atoms with E-state index in [1.165, 1.54) is 15.9 Å². The van der Waals surface area contributed by atoms with Gasteiger partial charge >= 0.3 is 12.1 Å². The van der Waals surface area contributed by atoms with E-state index in [-0.39, 0.29) is 37.6 Å². The summed E-state index contributed by atoms with van der Waals surface area (Å²) in [6.45, 7) is 0.749. The Morgan fingerprint density at radius 2 is 1.73 bits per heavy atom. The molecule has 13 heteroatoms. The number of nitro benzene ring substituents is 1. The molecule has 1 aliphatic heterocycles. The van der Waals surface area contributed by atoms with Crippen molar-refractivity contribution >= 4 is 23.2 Å². The first-order valence-corrected chi connectivity index (χ1v) is 8.72. The quantitative estimate of drug-likeness (QED) is 0.540. The molecule has 0 saturated carbocycles. The van der Waals surface area contributed by atoms with Crippen LogP contribution in [-0.4, -0.2) is 46.8 Å². The maximum absolute atomic E-state index is 12.9. The number of alkyl halides is 3. The predicted molar refractivity (Wildman–Crippen MR) is 96.2 cm³/mol. The second-order valence-electron chi connectivity index (χ2n) is 6.49. The summed E-state index contributed by atoms with van der Waals surface area (Å²) in [7, 11) is 0. The number of rotatable bonds is 4. The van der Waals surface area contributed by atoms with E-state index in [1.807, 2.05) is 0 Å². The van der Waals surface area contributed by atoms with Crippen LogP contribution in [-0.2, 0) is 6.18 Å². The number of carbonyl (C=O) groups is 1. The molecule has 3 rings (SSSR count). The fraction of sp³-hybridized carbons (Fsp3) is 0.353. The fourth-order valence-corrected chi connectivity index (χ4v) is 3.17. The normalized spacial score (nSPS) is 15.0. The Morgan fingerprint density at radius 3 is 2.33 bits per heavy atom. The molecule has 0 spiro atoms. The number of benzene rings is 1. The molecule has 0 unspecified atom stereocenters. The van der Waals surface area contributed by atoms with Gasteiger partial charge in [0, 0.05) is 32.2 Å². The van der Waals surface area contributed by atoms with Gasteiger partial charge in [0.15, 0.2) is 5.76 Å². The van der Waals surface area contributed by atoms with Crippen LogP contribution < -0.4 is 4.90 Å². The number of nitro groups is 2. The molecule has 0 N–H and O–H groups in total. The lowest BCUT2D eigenvalue weighted by molar-refractivity contribution is -0.402. The lowest BCUT2D eigenvalue weighted by Gasteiger charge is -2.23. The van der Waals surface area contributed by atoms with E-state index >= 15 is 0 Å². The van der Waals surface area contributed by atoms with Gasteiger partial charge < -0.3 is 14.2 Å². The summed E-state index contributed by atoms with van der Waals surface area (Å²) in [5.74, 6) is -1.36. The minimum atomic E-state index is -4.71. The molecule has 0 aliphatic carbocycles. The minimum Gasteiger partial charge on any atom is -0.395 e. The molecule has 1 aromatic heterocycles. The SMILES string of the molecule is O=C(c1ccc([N+](=O)[O-])o1)N1CCCN(c2ccc(C(F)(F)F)cc2[N+](=O)[O-])CC1. The van der Waals surface area contributed by atoms with E-state index in [2.05, 4.69) is 0 Å². The van der Waals surface area contributed by atoms with Crippen molar-refractivity contribution in [3.63, 3.8) is 0 Å². The summed E-state index contributed by atoms with van der Waals surface area (Å²) in [6.07, 6.45) is -4.33. The third-order valence-corrected chi connectivity index (χ3v) is 4.61. The molecular formula is C17H15F3N4O6. The molecular weight excluding hydrogens is 413 g/mol. The molecule has 2 aromatic rings. The van der Waals surface area contributed by atoms with Gasteiger partial charge in [0.05, 0.1) is 16.6 Å². The van der Waals surface area contributed by atoms with Crippen molar-refractivity contribution < 1.29 is 32.2 Å². The van der Waals surface area contributed by atoms with Gasteiger partial charge in [-0.25, -0.2) is 0 Å². The van der Waals surface area contributed by atoms with Crippen LogP contribution in [0.3, 0.4) is 0 Å². The van der Waals surface area contributed by atoms with Crippen molar-refractivity contribution in [2.75, 3.05) is 31.1 Å². The third-order valence-electron chi connectivity index (χ3n) is 4.61. The minimum absolute atomic E-state index is 0.0240. The Balaban J connectivity index is 1.78. The Labute approximate surface area is 166 Å². The largest absolute Gasteiger partial charge is 0.433 e. The molecule has 1 aromatic carbocycles. The standard InChI is InChI=1S/C17H15F3N4O6/c18-17(19,20)11-2-3-12(13(10-11)23(26)27)21-6-1-7-22(9-8-21)16(25)14-4-5-15(30-14)24(28)29/h2-5,10H,1,6-9H2. The van der Waals surface area contributed by atoms with Crippen molar-refractivity contribution in [3.8, 4) is 0 Å². The van der Waals surface area contributed by atoms with Crippen LogP contribution in [0.15, 0.2) is 34.7 Å². The second-order valence-corrected chi connectivity index (χ2v) is 6.49. The lowest BCUT2D eigenvalue weighted by Crippen LogP contribution is -2.35. The van der Waals surface area contributed by atoms with Crippen molar-refractivity contribution in [3.05, 3.63) is 61.9 Å². The summed E-state index contributed by atoms with van der Waals surface area (Å²) in [4.78, 5) is 35.8. The number of carbonyl (C=O) groups excluding carboxylic acids is 1. The number of amides is 1. The van der Waals surface area contributed by atoms with Gasteiger partial charge in [-0.3, -0.25) is 25.0 Å². The summed E-state index contributed by atoms with van der Waals surface area (Å²) in [5, 5.41) is 22.0. The lowest BCUT2D eigenvalue weighted by atomic mass is 10.1. The van der Waals surface area contributed by atoms with Crippen LogP contribution in [0.2, 0.25) is 0 Å². The average molecular weight is 428 g/mol. The van der Waals surface area contributed by atoms with Gasteiger partial charge in [0.25, 0.3) is 11.6 Å². The summed E-state index contributed by atoms with van der Waals surface area (Å²) in [5.41, 5.74) is -1.77. The third kappa shape index (κ3) is 4.34. The summed E-state index contributed by atoms with van der Waals surface area (Å²) >= 11 is 0. The molecule has 10 nitrogen and oxygen atoms in total. The zero-order chi connectivity index (χ0) is 22.1. The average Bonchev–Trinajstić information content (AvgIpc) is 3.05. The van der Waals surface area contributed by atoms with Crippen LogP contribution in [0.4, 0.5) is 30.4 Å². The van der Waals surface area contributed by atoms with Gasteiger partial charge in [0.2, 0.25) is 0 Å². The number of anilines is 1. The first-order valence-electron chi connectivity index (χ1n) is 8.72. The van der Waals surface area contributed by atoms with Crippen LogP contribution in [0.1, 0.15) is 22.5 Å². The summed E-state index contributed by atoms with van der Waals surface area (Å²) < 4.78 is 43.6. The maximum Gasteiger partial charge on any atom is 0.433 e. The monoisotopic (exact) mass is 428 g/mol. The number of nitrogens with zero attached hydrogens (tertiary/aromatic N) is 4. The molecule has 0 atom stereocenters. The molecule has 1 aliphatic rings. The van der Waals surface area contributed by atoms with E-state index in [1.54, 1.807) is 0 Å². The topological polar surface area (TPSA) is 123 Å². The molecule has 1 fully saturated rings. The molecule has 1 saturated heterocycles. The van der Waals surface area contributed by atoms with Crippen LogP contribution in [0.25, 0.3) is 0 Å². The number of hydrogen-bond acceptors (Lipinski definition) is 7. The van der Waals surface area contributed by atoms with E-state index in [4.69, 9.17) is 4.42 Å². The molecule has 1 amide bonds. The Morgan fingerprint density at radius 1 is 1.00 bits per heavy atom. The Hall–Kier alpha value is -3.64. The number of hydrogen-bond donors (Lipinski definition) is 0. The first kappa shape index (κ1) is 21.1. The van der Waals surface area contributed by atoms with Crippen LogP contribution >= 0.6 is 0 Å². The van der Waals surface area contributed by atoms with Crippen LogP contribution in [0.5, 0.6) is 0 Å². The van der Waals surface area contributed by atoms with Gasteiger partial charge in [-0.15, -0.1) is 0 Å². The van der Waals surface area contributed by atoms with Gasteiger partial charge in [0.1, 0.15) is 10.6 Å². The Bertz CT molecular complexity index is 990. The second kappa shape index (κ2) is 8.00. The molecule has 0 radical (unpaired) electrons. The summed E-state index contributed by atoms with van der Waals surface area (Å²) in [6, 6.07) is 4.56. The highest BCUT2D eigenvalue weighted by atomic mass is 19.4. The Kier molecular flexibility index (Phi) is 5.62. The van der Waals surface area contributed by atoms with Crippen molar-refractivity contribution in [1.29, 1.82) is 0 Å². The van der Waals surface area contributed by atoms with Gasteiger partial charge in [-0.05, 0) is 24.6 Å². The van der Waals surface area contributed by atoms with E-state index in [0.29, 0.717) is 12.5 Å². The van der Waals surface area contributed by atoms with E-state index < -0.39 is 39.1 Å². The highest BCUT2D eigenvalue weighted by Crippen LogP contribution is 2.36. The van der Waals surface area contributed by atoms with Crippen LogP contribution in [0, 0.1) is 20.2 Å². The zero-order valence-electron chi connectivity index (χ0n) is 15.3. The number of halogens is 3.